The highest BCUT2D eigenvalue weighted by Crippen LogP contribution is 2.34. The van der Waals surface area contributed by atoms with E-state index in [0.29, 0.717) is 17.5 Å². The minimum atomic E-state index is 0.602. The lowest BCUT2D eigenvalue weighted by molar-refractivity contribution is 1.07. The first kappa shape index (κ1) is 30.2. The number of aryl methyl sites for hydroxylation is 1. The molecular formula is C46H31N5. The topological polar surface area (TPSA) is 64.5 Å². The van der Waals surface area contributed by atoms with Crippen LogP contribution in [0.4, 0.5) is 0 Å². The van der Waals surface area contributed by atoms with E-state index < -0.39 is 0 Å². The monoisotopic (exact) mass is 653 g/mol. The number of pyridine rings is 2. The fourth-order valence-electron chi connectivity index (χ4n) is 6.67. The molecule has 9 rings (SSSR count). The molecule has 6 aromatic carbocycles. The van der Waals surface area contributed by atoms with E-state index in [0.717, 1.165) is 66.1 Å². The van der Waals surface area contributed by atoms with E-state index in [4.69, 9.17) is 15.0 Å². The van der Waals surface area contributed by atoms with E-state index in [-0.39, 0.29) is 0 Å². The van der Waals surface area contributed by atoms with Gasteiger partial charge in [0.25, 0.3) is 0 Å². The molecule has 0 spiro atoms. The Balaban J connectivity index is 1.18. The van der Waals surface area contributed by atoms with Gasteiger partial charge in [0, 0.05) is 63.4 Å². The molecular weight excluding hydrogens is 623 g/mol. The maximum atomic E-state index is 5.11. The molecule has 0 aliphatic heterocycles. The Labute approximate surface area is 296 Å². The molecule has 0 aliphatic carbocycles. The van der Waals surface area contributed by atoms with E-state index in [1.54, 1.807) is 0 Å². The number of hydrogen-bond acceptors (Lipinski definition) is 5. The van der Waals surface area contributed by atoms with Crippen molar-refractivity contribution < 1.29 is 0 Å². The number of fused-ring (bicyclic) bond motifs is 2. The minimum Gasteiger partial charge on any atom is -0.263 e. The molecule has 0 saturated carbocycles. The van der Waals surface area contributed by atoms with Crippen molar-refractivity contribution in [1.82, 2.24) is 24.9 Å². The summed E-state index contributed by atoms with van der Waals surface area (Å²) < 4.78 is 0. The molecule has 0 fully saturated rings. The van der Waals surface area contributed by atoms with E-state index >= 15 is 0 Å². The summed E-state index contributed by atoms with van der Waals surface area (Å²) in [6.45, 7) is 2.10. The quantitative estimate of drug-likeness (QED) is 0.179. The Hall–Kier alpha value is -6.85. The van der Waals surface area contributed by atoms with Crippen LogP contribution in [0.5, 0.6) is 0 Å². The third-order valence-electron chi connectivity index (χ3n) is 9.36. The molecule has 0 atom stereocenters. The first-order valence-corrected chi connectivity index (χ1v) is 17.0. The second kappa shape index (κ2) is 12.9. The lowest BCUT2D eigenvalue weighted by Crippen LogP contribution is -2.00. The summed E-state index contributed by atoms with van der Waals surface area (Å²) in [4.78, 5) is 24.4. The third kappa shape index (κ3) is 5.91. The first-order chi connectivity index (χ1) is 25.2. The summed E-state index contributed by atoms with van der Waals surface area (Å²) in [5.41, 5.74) is 10.5. The Morgan fingerprint density at radius 2 is 0.745 bits per heavy atom. The average Bonchev–Trinajstić information content (AvgIpc) is 3.21. The molecule has 51 heavy (non-hydrogen) atoms. The van der Waals surface area contributed by atoms with Gasteiger partial charge in [-0.1, -0.05) is 139 Å². The van der Waals surface area contributed by atoms with Crippen molar-refractivity contribution in [3.05, 3.63) is 176 Å². The van der Waals surface area contributed by atoms with Gasteiger partial charge in [-0.3, -0.25) is 9.97 Å². The van der Waals surface area contributed by atoms with Crippen LogP contribution in [0, 0.1) is 6.92 Å². The Morgan fingerprint density at radius 3 is 1.25 bits per heavy atom. The van der Waals surface area contributed by atoms with Gasteiger partial charge in [-0.25, -0.2) is 15.0 Å². The summed E-state index contributed by atoms with van der Waals surface area (Å²) >= 11 is 0. The van der Waals surface area contributed by atoms with Crippen molar-refractivity contribution in [2.75, 3.05) is 0 Å². The van der Waals surface area contributed by atoms with Crippen molar-refractivity contribution in [1.29, 1.82) is 0 Å². The molecule has 0 bridgehead atoms. The molecule has 0 saturated heterocycles. The van der Waals surface area contributed by atoms with Gasteiger partial charge in [-0.05, 0) is 52.1 Å². The van der Waals surface area contributed by atoms with E-state index in [1.165, 1.54) is 11.1 Å². The summed E-state index contributed by atoms with van der Waals surface area (Å²) in [6.07, 6.45) is 7.66. The van der Waals surface area contributed by atoms with Crippen LogP contribution in [0.1, 0.15) is 5.56 Å². The molecule has 0 aliphatic rings. The number of rotatable bonds is 6. The van der Waals surface area contributed by atoms with Crippen molar-refractivity contribution >= 4 is 21.5 Å². The molecule has 0 unspecified atom stereocenters. The third-order valence-corrected chi connectivity index (χ3v) is 9.36. The Kier molecular flexibility index (Phi) is 7.63. The SMILES string of the molecule is Cc1ccc(-c2ccc(-c3nc(-c4cccc(-c5cncc6ccccc56)c4)nc(-c4cccc(-c5cncc6ccccc56)c4)n3)cc2)cc1. The first-order valence-electron chi connectivity index (χ1n) is 17.0. The van der Waals surface area contributed by atoms with Crippen molar-refractivity contribution in [3.8, 4) is 67.5 Å². The van der Waals surface area contributed by atoms with Crippen LogP contribution in [0.25, 0.3) is 89.1 Å². The number of hydrogen-bond donors (Lipinski definition) is 0. The van der Waals surface area contributed by atoms with Gasteiger partial charge in [0.15, 0.2) is 17.5 Å². The van der Waals surface area contributed by atoms with Gasteiger partial charge in [-0.15, -0.1) is 0 Å². The van der Waals surface area contributed by atoms with Gasteiger partial charge >= 0.3 is 0 Å². The van der Waals surface area contributed by atoms with Gasteiger partial charge in [-0.2, -0.15) is 0 Å². The van der Waals surface area contributed by atoms with Crippen LogP contribution in [0.15, 0.2) is 170 Å². The lowest BCUT2D eigenvalue weighted by atomic mass is 9.98. The van der Waals surface area contributed by atoms with Crippen LogP contribution in [-0.4, -0.2) is 24.9 Å². The summed E-state index contributed by atoms with van der Waals surface area (Å²) in [6, 6.07) is 50.4. The van der Waals surface area contributed by atoms with Crippen LogP contribution in [0.3, 0.4) is 0 Å². The Morgan fingerprint density at radius 1 is 0.333 bits per heavy atom. The predicted octanol–water partition coefficient (Wildman–Crippen LogP) is 11.3. The van der Waals surface area contributed by atoms with Crippen LogP contribution >= 0.6 is 0 Å². The summed E-state index contributed by atoms with van der Waals surface area (Å²) in [5.74, 6) is 1.81. The van der Waals surface area contributed by atoms with Gasteiger partial charge in [0.05, 0.1) is 0 Å². The molecule has 0 radical (unpaired) electrons. The number of aromatic nitrogens is 5. The van der Waals surface area contributed by atoms with Crippen LogP contribution in [-0.2, 0) is 0 Å². The zero-order chi connectivity index (χ0) is 34.1. The predicted molar refractivity (Wildman–Crippen MR) is 208 cm³/mol. The second-order valence-electron chi connectivity index (χ2n) is 12.7. The molecule has 9 aromatic rings. The molecule has 240 valence electrons. The highest BCUT2D eigenvalue weighted by atomic mass is 15.0. The standard InChI is InChI=1S/C46H31N5/c1-30-16-18-31(19-17-30)32-20-22-33(23-21-32)44-49-45(36-12-6-10-34(24-36)42-28-47-26-38-8-2-4-14-40(38)42)51-46(50-44)37-13-7-11-35(25-37)43-29-48-27-39-9-3-5-15-41(39)43/h2-29H,1H3. The van der Waals surface area contributed by atoms with Crippen molar-refractivity contribution in [2.24, 2.45) is 0 Å². The summed E-state index contributed by atoms with van der Waals surface area (Å²) in [7, 11) is 0. The number of nitrogens with zero attached hydrogens (tertiary/aromatic N) is 5. The average molecular weight is 654 g/mol. The lowest BCUT2D eigenvalue weighted by Gasteiger charge is -2.12. The molecule has 3 aromatic heterocycles. The zero-order valence-electron chi connectivity index (χ0n) is 27.9. The smallest absolute Gasteiger partial charge is 0.164 e. The van der Waals surface area contributed by atoms with E-state index in [1.807, 2.05) is 36.9 Å². The fraction of sp³-hybridized carbons (Fsp3) is 0.0217. The minimum absolute atomic E-state index is 0.602. The number of benzene rings is 6. The summed E-state index contributed by atoms with van der Waals surface area (Å²) in [5, 5.41) is 4.49. The maximum Gasteiger partial charge on any atom is 0.164 e. The van der Waals surface area contributed by atoms with E-state index in [9.17, 15) is 0 Å². The van der Waals surface area contributed by atoms with Crippen molar-refractivity contribution in [2.45, 2.75) is 6.92 Å². The fourth-order valence-corrected chi connectivity index (χ4v) is 6.67. The normalized spacial score (nSPS) is 11.2. The molecule has 5 heteroatoms. The zero-order valence-corrected chi connectivity index (χ0v) is 27.9. The Bertz CT molecular complexity index is 2550. The highest BCUT2D eigenvalue weighted by Gasteiger charge is 2.15. The second-order valence-corrected chi connectivity index (χ2v) is 12.7. The maximum absolute atomic E-state index is 5.11. The van der Waals surface area contributed by atoms with Gasteiger partial charge in [0.1, 0.15) is 0 Å². The van der Waals surface area contributed by atoms with Gasteiger partial charge in [0.2, 0.25) is 0 Å². The molecule has 0 amide bonds. The van der Waals surface area contributed by atoms with Crippen LogP contribution in [0.2, 0.25) is 0 Å². The molecule has 3 heterocycles. The molecule has 0 N–H and O–H groups in total. The van der Waals surface area contributed by atoms with Crippen molar-refractivity contribution in [3.63, 3.8) is 0 Å². The highest BCUT2D eigenvalue weighted by molar-refractivity contribution is 5.97. The largest absolute Gasteiger partial charge is 0.263 e. The van der Waals surface area contributed by atoms with Gasteiger partial charge < -0.3 is 0 Å². The van der Waals surface area contributed by atoms with E-state index in [2.05, 4.69) is 150 Å². The molecule has 5 nitrogen and oxygen atoms in total. The van der Waals surface area contributed by atoms with Crippen LogP contribution < -0.4 is 0 Å².